The summed E-state index contributed by atoms with van der Waals surface area (Å²) in [6.45, 7) is 6.43. The molecule has 84 valence electrons. The molecule has 0 amide bonds. The minimum absolute atomic E-state index is 0.211. The van der Waals surface area contributed by atoms with E-state index in [9.17, 15) is 0 Å². The van der Waals surface area contributed by atoms with E-state index < -0.39 is 0 Å². The highest BCUT2D eigenvalue weighted by Crippen LogP contribution is 2.31. The fourth-order valence-electron chi connectivity index (χ4n) is 1.64. The summed E-state index contributed by atoms with van der Waals surface area (Å²) in [6, 6.07) is 8.89. The number of hydrogen-bond donors (Lipinski definition) is 1. The summed E-state index contributed by atoms with van der Waals surface area (Å²) in [6.07, 6.45) is 1.21. The molecule has 0 saturated carbocycles. The minimum atomic E-state index is 0.211. The van der Waals surface area contributed by atoms with E-state index in [1.807, 2.05) is 11.8 Å². The van der Waals surface area contributed by atoms with Gasteiger partial charge in [-0.15, -0.1) is 0 Å². The zero-order valence-corrected chi connectivity index (χ0v) is 10.7. The largest absolute Gasteiger partial charge is 0.327 e. The number of aryl methyl sites for hydroxylation is 1. The molecule has 0 spiro atoms. The fraction of sp³-hybridized carbons (Fsp3) is 0.538. The van der Waals surface area contributed by atoms with E-state index >= 15 is 0 Å². The second kappa shape index (κ2) is 6.19. The lowest BCUT2D eigenvalue weighted by Crippen LogP contribution is -2.22. The SMILES string of the molecule is CCCSC(c1cccc(C)c1)C(C)N. The van der Waals surface area contributed by atoms with Crippen LogP contribution >= 0.6 is 11.8 Å². The predicted octanol–water partition coefficient (Wildman–Crippen LogP) is 3.53. The standard InChI is InChI=1S/C13H21NS/c1-4-8-15-13(11(3)14)12-7-5-6-10(2)9-12/h5-7,9,11,13H,4,8,14H2,1-3H3. The molecule has 1 nitrogen and oxygen atoms in total. The van der Waals surface area contributed by atoms with E-state index in [2.05, 4.69) is 45.0 Å². The first-order valence-corrected chi connectivity index (χ1v) is 6.63. The molecule has 1 aromatic carbocycles. The average molecular weight is 223 g/mol. The summed E-state index contributed by atoms with van der Waals surface area (Å²) in [5.74, 6) is 1.18. The quantitative estimate of drug-likeness (QED) is 0.826. The Hall–Kier alpha value is -0.470. The molecule has 0 heterocycles. The lowest BCUT2D eigenvalue weighted by atomic mass is 10.0. The maximum Gasteiger partial charge on any atom is 0.0445 e. The van der Waals surface area contributed by atoms with Gasteiger partial charge >= 0.3 is 0 Å². The first kappa shape index (κ1) is 12.6. The lowest BCUT2D eigenvalue weighted by molar-refractivity contribution is 0.720. The molecule has 1 aromatic rings. The van der Waals surface area contributed by atoms with Gasteiger partial charge in [0.05, 0.1) is 0 Å². The Labute approximate surface area is 97.4 Å². The van der Waals surface area contributed by atoms with E-state index in [-0.39, 0.29) is 6.04 Å². The molecule has 1 rings (SSSR count). The van der Waals surface area contributed by atoms with Gasteiger partial charge in [0, 0.05) is 11.3 Å². The Balaban J connectivity index is 2.79. The summed E-state index contributed by atoms with van der Waals surface area (Å²) in [5.41, 5.74) is 8.72. The molecule has 2 heteroatoms. The Morgan fingerprint density at radius 2 is 2.13 bits per heavy atom. The maximum atomic E-state index is 6.04. The second-order valence-corrected chi connectivity index (χ2v) is 5.31. The second-order valence-electron chi connectivity index (χ2n) is 4.06. The third-order valence-electron chi connectivity index (χ3n) is 2.35. The van der Waals surface area contributed by atoms with Crippen molar-refractivity contribution < 1.29 is 0 Å². The van der Waals surface area contributed by atoms with Crippen molar-refractivity contribution in [2.45, 2.75) is 38.5 Å². The zero-order valence-electron chi connectivity index (χ0n) is 9.86. The Kier molecular flexibility index (Phi) is 5.20. The van der Waals surface area contributed by atoms with Gasteiger partial charge in [-0.3, -0.25) is 0 Å². The first-order chi connectivity index (χ1) is 7.15. The Morgan fingerprint density at radius 1 is 1.40 bits per heavy atom. The maximum absolute atomic E-state index is 6.04. The molecule has 2 unspecified atom stereocenters. The molecule has 2 atom stereocenters. The van der Waals surface area contributed by atoms with Crippen LogP contribution in [0, 0.1) is 6.92 Å². The van der Waals surface area contributed by atoms with Crippen molar-refractivity contribution >= 4 is 11.8 Å². The molecule has 0 saturated heterocycles. The highest BCUT2D eigenvalue weighted by Gasteiger charge is 2.15. The van der Waals surface area contributed by atoms with Crippen LogP contribution in [0.3, 0.4) is 0 Å². The van der Waals surface area contributed by atoms with Gasteiger partial charge in [0.2, 0.25) is 0 Å². The van der Waals surface area contributed by atoms with E-state index in [4.69, 9.17) is 5.73 Å². The van der Waals surface area contributed by atoms with Crippen molar-refractivity contribution in [2.24, 2.45) is 5.73 Å². The first-order valence-electron chi connectivity index (χ1n) is 5.59. The average Bonchev–Trinajstić information content (AvgIpc) is 2.18. The van der Waals surface area contributed by atoms with Crippen LogP contribution in [0.4, 0.5) is 0 Å². The van der Waals surface area contributed by atoms with Crippen LogP contribution < -0.4 is 5.73 Å². The van der Waals surface area contributed by atoms with Crippen molar-refractivity contribution in [1.29, 1.82) is 0 Å². The fourth-order valence-corrected chi connectivity index (χ4v) is 2.78. The van der Waals surface area contributed by atoms with Crippen molar-refractivity contribution in [3.05, 3.63) is 35.4 Å². The minimum Gasteiger partial charge on any atom is -0.327 e. The lowest BCUT2D eigenvalue weighted by Gasteiger charge is -2.21. The normalized spacial score (nSPS) is 14.9. The molecule has 2 N–H and O–H groups in total. The van der Waals surface area contributed by atoms with Crippen molar-refractivity contribution in [3.8, 4) is 0 Å². The van der Waals surface area contributed by atoms with E-state index in [1.54, 1.807) is 0 Å². The van der Waals surface area contributed by atoms with Crippen LogP contribution in [0.2, 0.25) is 0 Å². The van der Waals surface area contributed by atoms with Gasteiger partial charge in [0.25, 0.3) is 0 Å². The third kappa shape index (κ3) is 3.88. The van der Waals surface area contributed by atoms with Gasteiger partial charge in [-0.25, -0.2) is 0 Å². The molecule has 0 radical (unpaired) electrons. The van der Waals surface area contributed by atoms with Gasteiger partial charge in [-0.1, -0.05) is 36.8 Å². The summed E-state index contributed by atoms with van der Waals surface area (Å²) in [4.78, 5) is 0. The van der Waals surface area contributed by atoms with Crippen LogP contribution in [0.1, 0.15) is 36.6 Å². The Bertz CT molecular complexity index is 296. The monoisotopic (exact) mass is 223 g/mol. The zero-order chi connectivity index (χ0) is 11.3. The van der Waals surface area contributed by atoms with Crippen molar-refractivity contribution in [2.75, 3.05) is 5.75 Å². The molecule has 0 bridgehead atoms. The molecule has 0 aliphatic heterocycles. The number of benzene rings is 1. The predicted molar refractivity (Wildman–Crippen MR) is 70.3 cm³/mol. The van der Waals surface area contributed by atoms with Gasteiger partial charge in [-0.2, -0.15) is 11.8 Å². The summed E-state index contributed by atoms with van der Waals surface area (Å²) in [7, 11) is 0. The summed E-state index contributed by atoms with van der Waals surface area (Å²) >= 11 is 1.97. The summed E-state index contributed by atoms with van der Waals surface area (Å²) in [5, 5.41) is 0.435. The van der Waals surface area contributed by atoms with Crippen molar-refractivity contribution in [1.82, 2.24) is 0 Å². The molecule has 15 heavy (non-hydrogen) atoms. The van der Waals surface area contributed by atoms with Crippen molar-refractivity contribution in [3.63, 3.8) is 0 Å². The van der Waals surface area contributed by atoms with E-state index in [1.165, 1.54) is 23.3 Å². The van der Waals surface area contributed by atoms with Crippen LogP contribution in [0.25, 0.3) is 0 Å². The van der Waals surface area contributed by atoms with E-state index in [0.717, 1.165) is 0 Å². The number of rotatable bonds is 5. The molecule has 0 aliphatic rings. The molecule has 0 aliphatic carbocycles. The van der Waals surface area contributed by atoms with Gasteiger partial charge in [0.1, 0.15) is 0 Å². The highest BCUT2D eigenvalue weighted by atomic mass is 32.2. The molecular weight excluding hydrogens is 202 g/mol. The molecule has 0 fully saturated rings. The number of nitrogens with two attached hydrogens (primary N) is 1. The van der Waals surface area contributed by atoms with Crippen LogP contribution in [0.15, 0.2) is 24.3 Å². The van der Waals surface area contributed by atoms with Gasteiger partial charge in [-0.05, 0) is 31.6 Å². The number of hydrogen-bond acceptors (Lipinski definition) is 2. The Morgan fingerprint density at radius 3 is 2.67 bits per heavy atom. The van der Waals surface area contributed by atoms with Crippen LogP contribution in [0.5, 0.6) is 0 Å². The van der Waals surface area contributed by atoms with Gasteiger partial charge in [0.15, 0.2) is 0 Å². The van der Waals surface area contributed by atoms with Gasteiger partial charge < -0.3 is 5.73 Å². The smallest absolute Gasteiger partial charge is 0.0445 e. The summed E-state index contributed by atoms with van der Waals surface area (Å²) < 4.78 is 0. The topological polar surface area (TPSA) is 26.0 Å². The van der Waals surface area contributed by atoms with E-state index in [0.29, 0.717) is 5.25 Å². The molecule has 0 aromatic heterocycles. The van der Waals surface area contributed by atoms with Crippen LogP contribution in [-0.2, 0) is 0 Å². The third-order valence-corrected chi connectivity index (χ3v) is 4.05. The highest BCUT2D eigenvalue weighted by molar-refractivity contribution is 7.99. The van der Waals surface area contributed by atoms with Crippen LogP contribution in [-0.4, -0.2) is 11.8 Å². The number of thioether (sulfide) groups is 1. The molecular formula is C13H21NS.